The van der Waals surface area contributed by atoms with E-state index in [2.05, 4.69) is 21.9 Å². The van der Waals surface area contributed by atoms with Crippen molar-refractivity contribution in [3.63, 3.8) is 0 Å². The SMILES string of the molecule is CN(CCS(C)(=O)=O)C1CCN(c2ccc(Cl)cc2)CC1. The van der Waals surface area contributed by atoms with Crippen LogP contribution in [0.2, 0.25) is 5.02 Å². The number of anilines is 1. The molecule has 0 aliphatic carbocycles. The van der Waals surface area contributed by atoms with Crippen molar-refractivity contribution in [2.75, 3.05) is 43.6 Å². The number of nitrogens with zero attached hydrogens (tertiary/aromatic N) is 2. The van der Waals surface area contributed by atoms with E-state index in [1.54, 1.807) is 0 Å². The molecule has 1 aliphatic rings. The average molecular weight is 331 g/mol. The first-order valence-corrected chi connectivity index (χ1v) is 9.67. The Morgan fingerprint density at radius 1 is 1.24 bits per heavy atom. The molecule has 118 valence electrons. The van der Waals surface area contributed by atoms with Gasteiger partial charge in [-0.2, -0.15) is 0 Å². The number of hydrogen-bond acceptors (Lipinski definition) is 4. The van der Waals surface area contributed by atoms with E-state index in [0.29, 0.717) is 12.6 Å². The standard InChI is InChI=1S/C15H23ClN2O2S/c1-17(11-12-21(2,19)20)14-7-9-18(10-8-14)15-5-3-13(16)4-6-15/h3-6,14H,7-12H2,1-2H3. The summed E-state index contributed by atoms with van der Waals surface area (Å²) in [6, 6.07) is 8.41. The molecule has 1 aromatic carbocycles. The molecule has 4 nitrogen and oxygen atoms in total. The van der Waals surface area contributed by atoms with Gasteiger partial charge in [-0.3, -0.25) is 0 Å². The molecular weight excluding hydrogens is 308 g/mol. The van der Waals surface area contributed by atoms with Crippen molar-refractivity contribution in [2.24, 2.45) is 0 Å². The summed E-state index contributed by atoms with van der Waals surface area (Å²) in [7, 11) is -0.859. The highest BCUT2D eigenvalue weighted by molar-refractivity contribution is 7.90. The highest BCUT2D eigenvalue weighted by Gasteiger charge is 2.23. The molecule has 1 heterocycles. The molecule has 0 spiro atoms. The highest BCUT2D eigenvalue weighted by Crippen LogP contribution is 2.23. The van der Waals surface area contributed by atoms with Gasteiger partial charge in [0.15, 0.2) is 0 Å². The zero-order valence-corrected chi connectivity index (χ0v) is 14.2. The van der Waals surface area contributed by atoms with Crippen LogP contribution in [0.15, 0.2) is 24.3 Å². The van der Waals surface area contributed by atoms with Crippen molar-refractivity contribution in [3.8, 4) is 0 Å². The molecule has 1 aromatic rings. The third-order valence-corrected chi connectivity index (χ3v) is 5.27. The molecule has 21 heavy (non-hydrogen) atoms. The van der Waals surface area contributed by atoms with Gasteiger partial charge in [-0.1, -0.05) is 11.6 Å². The molecular formula is C15H23ClN2O2S. The third kappa shape index (κ3) is 5.16. The van der Waals surface area contributed by atoms with Crippen LogP contribution in [0, 0.1) is 0 Å². The minimum absolute atomic E-state index is 0.237. The summed E-state index contributed by atoms with van der Waals surface area (Å²) < 4.78 is 22.5. The van der Waals surface area contributed by atoms with Crippen molar-refractivity contribution in [3.05, 3.63) is 29.3 Å². The van der Waals surface area contributed by atoms with Gasteiger partial charge in [-0.15, -0.1) is 0 Å². The lowest BCUT2D eigenvalue weighted by Gasteiger charge is -2.37. The Morgan fingerprint density at radius 2 is 1.81 bits per heavy atom. The lowest BCUT2D eigenvalue weighted by Crippen LogP contribution is -2.44. The Morgan fingerprint density at radius 3 is 2.33 bits per heavy atom. The second-order valence-corrected chi connectivity index (χ2v) is 8.50. The number of halogens is 1. The zero-order chi connectivity index (χ0) is 15.5. The molecule has 6 heteroatoms. The van der Waals surface area contributed by atoms with Crippen LogP contribution in [-0.2, 0) is 9.84 Å². The van der Waals surface area contributed by atoms with Crippen molar-refractivity contribution >= 4 is 27.1 Å². The average Bonchev–Trinajstić information content (AvgIpc) is 2.45. The fraction of sp³-hybridized carbons (Fsp3) is 0.600. The van der Waals surface area contributed by atoms with E-state index in [9.17, 15) is 8.42 Å². The molecule has 0 radical (unpaired) electrons. The Kier molecular flexibility index (Phi) is 5.52. The molecule has 0 aromatic heterocycles. The summed E-state index contributed by atoms with van der Waals surface area (Å²) in [4.78, 5) is 4.54. The number of benzene rings is 1. The Balaban J connectivity index is 1.84. The van der Waals surface area contributed by atoms with Crippen LogP contribution in [-0.4, -0.2) is 58.1 Å². The maximum atomic E-state index is 11.2. The van der Waals surface area contributed by atoms with Crippen LogP contribution < -0.4 is 4.90 Å². The van der Waals surface area contributed by atoms with Crippen LogP contribution in [0.4, 0.5) is 5.69 Å². The fourth-order valence-corrected chi connectivity index (χ4v) is 3.45. The molecule has 0 atom stereocenters. The van der Waals surface area contributed by atoms with Crippen LogP contribution in [0.3, 0.4) is 0 Å². The van der Waals surface area contributed by atoms with Crippen molar-refractivity contribution in [1.82, 2.24) is 4.90 Å². The van der Waals surface area contributed by atoms with Crippen molar-refractivity contribution in [2.45, 2.75) is 18.9 Å². The first-order valence-electron chi connectivity index (χ1n) is 7.23. The Bertz CT molecular complexity index is 552. The van der Waals surface area contributed by atoms with E-state index >= 15 is 0 Å². The first-order chi connectivity index (χ1) is 9.85. The predicted molar refractivity (Wildman–Crippen MR) is 89.0 cm³/mol. The smallest absolute Gasteiger partial charge is 0.148 e. The van der Waals surface area contributed by atoms with Gasteiger partial charge in [0.2, 0.25) is 0 Å². The summed E-state index contributed by atoms with van der Waals surface area (Å²) in [5.41, 5.74) is 1.21. The molecule has 0 N–H and O–H groups in total. The maximum Gasteiger partial charge on any atom is 0.148 e. The summed E-state index contributed by atoms with van der Waals surface area (Å²) in [5.74, 6) is 0.237. The second kappa shape index (κ2) is 6.99. The van der Waals surface area contributed by atoms with E-state index in [-0.39, 0.29) is 5.75 Å². The minimum atomic E-state index is -2.88. The van der Waals surface area contributed by atoms with Crippen LogP contribution in [0.5, 0.6) is 0 Å². The van der Waals surface area contributed by atoms with Gasteiger partial charge in [0, 0.05) is 42.6 Å². The van der Waals surface area contributed by atoms with Crippen molar-refractivity contribution < 1.29 is 8.42 Å². The van der Waals surface area contributed by atoms with Gasteiger partial charge >= 0.3 is 0 Å². The Labute approximate surface area is 132 Å². The van der Waals surface area contributed by atoms with E-state index in [1.807, 2.05) is 19.2 Å². The van der Waals surface area contributed by atoms with E-state index in [1.165, 1.54) is 11.9 Å². The third-order valence-electron chi connectivity index (χ3n) is 4.09. The lowest BCUT2D eigenvalue weighted by atomic mass is 10.0. The molecule has 1 saturated heterocycles. The Hall–Kier alpha value is -0.780. The van der Waals surface area contributed by atoms with E-state index < -0.39 is 9.84 Å². The minimum Gasteiger partial charge on any atom is -0.371 e. The zero-order valence-electron chi connectivity index (χ0n) is 12.6. The maximum absolute atomic E-state index is 11.2. The number of hydrogen-bond donors (Lipinski definition) is 0. The number of sulfone groups is 1. The molecule has 0 unspecified atom stereocenters. The van der Waals surface area contributed by atoms with Gasteiger partial charge in [0.25, 0.3) is 0 Å². The largest absolute Gasteiger partial charge is 0.371 e. The predicted octanol–water partition coefficient (Wildman–Crippen LogP) is 2.29. The number of rotatable bonds is 5. The van der Waals surface area contributed by atoms with Crippen LogP contribution in [0.25, 0.3) is 0 Å². The van der Waals surface area contributed by atoms with Crippen LogP contribution in [0.1, 0.15) is 12.8 Å². The topological polar surface area (TPSA) is 40.6 Å². The second-order valence-electron chi connectivity index (χ2n) is 5.81. The first kappa shape index (κ1) is 16.6. The van der Waals surface area contributed by atoms with Gasteiger partial charge < -0.3 is 9.80 Å². The fourth-order valence-electron chi connectivity index (χ4n) is 2.71. The van der Waals surface area contributed by atoms with Gasteiger partial charge in [0.1, 0.15) is 9.84 Å². The molecule has 0 bridgehead atoms. The quantitative estimate of drug-likeness (QED) is 0.830. The number of piperidine rings is 1. The molecule has 2 rings (SSSR count). The van der Waals surface area contributed by atoms with Crippen LogP contribution >= 0.6 is 11.6 Å². The van der Waals surface area contributed by atoms with Gasteiger partial charge in [-0.25, -0.2) is 8.42 Å². The summed E-state index contributed by atoms with van der Waals surface area (Å²) in [6.45, 7) is 2.61. The van der Waals surface area contributed by atoms with Gasteiger partial charge in [0.05, 0.1) is 5.75 Å². The highest BCUT2D eigenvalue weighted by atomic mass is 35.5. The normalized spacial score (nSPS) is 17.4. The molecule has 0 saturated carbocycles. The van der Waals surface area contributed by atoms with E-state index in [0.717, 1.165) is 31.0 Å². The monoisotopic (exact) mass is 330 g/mol. The molecule has 1 aliphatic heterocycles. The summed E-state index contributed by atoms with van der Waals surface area (Å²) in [6.07, 6.45) is 3.41. The van der Waals surface area contributed by atoms with E-state index in [4.69, 9.17) is 11.6 Å². The molecule has 0 amide bonds. The lowest BCUT2D eigenvalue weighted by molar-refractivity contribution is 0.218. The van der Waals surface area contributed by atoms with Crippen molar-refractivity contribution in [1.29, 1.82) is 0 Å². The van der Waals surface area contributed by atoms with Gasteiger partial charge in [-0.05, 0) is 44.2 Å². The summed E-state index contributed by atoms with van der Waals surface area (Å²) >= 11 is 5.91. The summed E-state index contributed by atoms with van der Waals surface area (Å²) in [5, 5.41) is 0.758. The molecule has 1 fully saturated rings.